The van der Waals surface area contributed by atoms with Gasteiger partial charge in [-0.3, -0.25) is 14.3 Å². The summed E-state index contributed by atoms with van der Waals surface area (Å²) in [6, 6.07) is 2.00. The molecule has 0 bridgehead atoms. The maximum absolute atomic E-state index is 12.6. The molecule has 2 aromatic rings. The molecule has 9 heteroatoms. The van der Waals surface area contributed by atoms with Gasteiger partial charge in [0.2, 0.25) is 5.91 Å². The molecule has 1 amide bonds. The van der Waals surface area contributed by atoms with Crippen molar-refractivity contribution in [2.45, 2.75) is 43.0 Å². The topological polar surface area (TPSA) is 116 Å². The minimum absolute atomic E-state index is 0.112. The number of carbonyl (C=O) groups is 1. The fraction of sp³-hybridized carbons (Fsp3) is 0.438. The lowest BCUT2D eigenvalue weighted by atomic mass is 10.3. The molecule has 1 aliphatic carbocycles. The third-order valence-corrected chi connectivity index (χ3v) is 5.39. The lowest BCUT2D eigenvalue weighted by Crippen LogP contribution is -2.27. The molecule has 1 atom stereocenters. The highest BCUT2D eigenvalue weighted by Crippen LogP contribution is 2.25. The molecule has 2 N–H and O–H groups in total. The highest BCUT2D eigenvalue weighted by atomic mass is 32.2. The molecule has 1 unspecified atom stereocenters. The summed E-state index contributed by atoms with van der Waals surface area (Å²) in [6.45, 7) is 1.89. The van der Waals surface area contributed by atoms with E-state index in [0.717, 1.165) is 30.5 Å². The average molecular weight is 358 g/mol. The van der Waals surface area contributed by atoms with Crippen LogP contribution in [0.4, 0.5) is 5.82 Å². The Kier molecular flexibility index (Phi) is 4.90. The quantitative estimate of drug-likeness (QED) is 0.616. The van der Waals surface area contributed by atoms with Crippen LogP contribution in [0.2, 0.25) is 0 Å². The van der Waals surface area contributed by atoms with Crippen LogP contribution in [0.15, 0.2) is 16.1 Å². The first-order valence-electron chi connectivity index (χ1n) is 8.05. The van der Waals surface area contributed by atoms with Crippen LogP contribution in [-0.4, -0.2) is 30.9 Å². The molecular weight excluding hydrogens is 340 g/mol. The normalized spacial score (nSPS) is 14.0. The second kappa shape index (κ2) is 7.11. The Hall–Kier alpha value is -2.60. The Bertz CT molecular complexity index is 910. The highest BCUT2D eigenvalue weighted by molar-refractivity contribution is 8.00. The third-order valence-electron chi connectivity index (χ3n) is 4.14. The van der Waals surface area contributed by atoms with Gasteiger partial charge in [0.15, 0.2) is 5.16 Å². The van der Waals surface area contributed by atoms with Crippen molar-refractivity contribution in [2.24, 2.45) is 7.05 Å². The number of fused-ring (bicyclic) bond motifs is 1. The molecule has 2 aromatic heterocycles. The molecule has 0 spiro atoms. The van der Waals surface area contributed by atoms with E-state index in [0.29, 0.717) is 23.0 Å². The van der Waals surface area contributed by atoms with Gasteiger partial charge in [0.25, 0.3) is 5.56 Å². The standard InChI is InChI=1S/C16H18N6O2S/c1-3-12(15(24)20-13-9(7-17)8-18-22(13)2)25-16-19-11-6-4-5-10(11)14(23)21-16/h8,12H,3-6H2,1-2H3,(H,20,24)(H,19,21,23). The first-order valence-corrected chi connectivity index (χ1v) is 8.93. The summed E-state index contributed by atoms with van der Waals surface area (Å²) in [7, 11) is 1.66. The number of hydrogen-bond acceptors (Lipinski definition) is 6. The number of H-pyrrole nitrogens is 1. The number of aromatic nitrogens is 4. The molecule has 1 aliphatic rings. The maximum Gasteiger partial charge on any atom is 0.254 e. The second-order valence-corrected chi connectivity index (χ2v) is 6.99. The van der Waals surface area contributed by atoms with Crippen LogP contribution in [-0.2, 0) is 24.7 Å². The van der Waals surface area contributed by atoms with Crippen LogP contribution in [0.25, 0.3) is 0 Å². The summed E-state index contributed by atoms with van der Waals surface area (Å²) in [5.74, 6) is 0.109. The number of nitriles is 1. The van der Waals surface area contributed by atoms with Crippen molar-refractivity contribution in [1.29, 1.82) is 5.26 Å². The van der Waals surface area contributed by atoms with Crippen molar-refractivity contribution in [3.05, 3.63) is 33.4 Å². The Morgan fingerprint density at radius 3 is 3.08 bits per heavy atom. The van der Waals surface area contributed by atoms with Gasteiger partial charge in [-0.2, -0.15) is 10.4 Å². The number of rotatable bonds is 5. The van der Waals surface area contributed by atoms with Gasteiger partial charge in [0.05, 0.1) is 17.1 Å². The molecular formula is C16H18N6O2S. The zero-order chi connectivity index (χ0) is 18.0. The minimum atomic E-state index is -0.441. The van der Waals surface area contributed by atoms with E-state index in [2.05, 4.69) is 20.4 Å². The lowest BCUT2D eigenvalue weighted by molar-refractivity contribution is -0.115. The summed E-state index contributed by atoms with van der Waals surface area (Å²) in [5, 5.41) is 15.8. The summed E-state index contributed by atoms with van der Waals surface area (Å²) >= 11 is 1.23. The monoisotopic (exact) mass is 358 g/mol. The number of thioether (sulfide) groups is 1. The van der Waals surface area contributed by atoms with Crippen molar-refractivity contribution in [1.82, 2.24) is 19.7 Å². The van der Waals surface area contributed by atoms with Crippen LogP contribution in [0.5, 0.6) is 0 Å². The van der Waals surface area contributed by atoms with Crippen molar-refractivity contribution in [3.63, 3.8) is 0 Å². The van der Waals surface area contributed by atoms with Gasteiger partial charge >= 0.3 is 0 Å². The van der Waals surface area contributed by atoms with Crippen molar-refractivity contribution in [3.8, 4) is 6.07 Å². The van der Waals surface area contributed by atoms with E-state index in [-0.39, 0.29) is 11.5 Å². The molecule has 0 saturated heterocycles. The summed E-state index contributed by atoms with van der Waals surface area (Å²) in [4.78, 5) is 31.9. The fourth-order valence-corrected chi connectivity index (χ4v) is 3.71. The molecule has 3 rings (SSSR count). The van der Waals surface area contributed by atoms with Gasteiger partial charge in [0, 0.05) is 12.6 Å². The Labute approximate surface area is 148 Å². The molecule has 0 radical (unpaired) electrons. The third kappa shape index (κ3) is 3.44. The van der Waals surface area contributed by atoms with E-state index in [9.17, 15) is 9.59 Å². The minimum Gasteiger partial charge on any atom is -0.309 e. The van der Waals surface area contributed by atoms with Gasteiger partial charge < -0.3 is 10.3 Å². The van der Waals surface area contributed by atoms with Crippen LogP contribution >= 0.6 is 11.8 Å². The zero-order valence-electron chi connectivity index (χ0n) is 14.0. The molecule has 8 nitrogen and oxygen atoms in total. The number of aryl methyl sites for hydroxylation is 2. The molecule has 0 aliphatic heterocycles. The fourth-order valence-electron chi connectivity index (χ4n) is 2.80. The van der Waals surface area contributed by atoms with Gasteiger partial charge in [-0.15, -0.1) is 0 Å². The van der Waals surface area contributed by atoms with Crippen molar-refractivity contribution in [2.75, 3.05) is 5.32 Å². The number of hydrogen-bond donors (Lipinski definition) is 2. The highest BCUT2D eigenvalue weighted by Gasteiger charge is 2.24. The zero-order valence-corrected chi connectivity index (χ0v) is 14.8. The molecule has 2 heterocycles. The van der Waals surface area contributed by atoms with Gasteiger partial charge in [-0.25, -0.2) is 4.98 Å². The molecule has 0 aromatic carbocycles. The average Bonchev–Trinajstić information content (AvgIpc) is 3.20. The van der Waals surface area contributed by atoms with E-state index >= 15 is 0 Å². The SMILES string of the molecule is CCC(Sc1nc2c(c(=O)[nH]1)CCC2)C(=O)Nc1c(C#N)cnn1C. The van der Waals surface area contributed by atoms with Crippen molar-refractivity contribution >= 4 is 23.5 Å². The summed E-state index contributed by atoms with van der Waals surface area (Å²) < 4.78 is 1.45. The van der Waals surface area contributed by atoms with Gasteiger partial charge in [-0.05, 0) is 25.7 Å². The van der Waals surface area contributed by atoms with Crippen LogP contribution in [0.1, 0.15) is 36.6 Å². The summed E-state index contributed by atoms with van der Waals surface area (Å²) in [6.07, 6.45) is 4.46. The first kappa shape index (κ1) is 17.2. The molecule has 0 saturated carbocycles. The largest absolute Gasteiger partial charge is 0.309 e. The number of anilines is 1. The molecule has 25 heavy (non-hydrogen) atoms. The Balaban J connectivity index is 1.78. The smallest absolute Gasteiger partial charge is 0.254 e. The van der Waals surface area contributed by atoms with Gasteiger partial charge in [-0.1, -0.05) is 18.7 Å². The predicted molar refractivity (Wildman–Crippen MR) is 93.4 cm³/mol. The van der Waals surface area contributed by atoms with Crippen molar-refractivity contribution < 1.29 is 4.79 Å². The Morgan fingerprint density at radius 2 is 2.36 bits per heavy atom. The predicted octanol–water partition coefficient (Wildman–Crippen LogP) is 1.37. The number of nitrogens with one attached hydrogen (secondary N) is 2. The number of carbonyl (C=O) groups excluding carboxylic acids is 1. The molecule has 130 valence electrons. The first-order chi connectivity index (χ1) is 12.0. The lowest BCUT2D eigenvalue weighted by Gasteiger charge is -2.14. The maximum atomic E-state index is 12.6. The second-order valence-electron chi connectivity index (χ2n) is 5.80. The Morgan fingerprint density at radius 1 is 1.56 bits per heavy atom. The number of aromatic amines is 1. The van der Waals surface area contributed by atoms with Crippen LogP contribution < -0.4 is 10.9 Å². The van der Waals surface area contributed by atoms with Crippen LogP contribution in [0.3, 0.4) is 0 Å². The van der Waals surface area contributed by atoms with E-state index < -0.39 is 5.25 Å². The van der Waals surface area contributed by atoms with E-state index in [1.807, 2.05) is 13.0 Å². The number of amides is 1. The molecule has 0 fully saturated rings. The van der Waals surface area contributed by atoms with E-state index in [1.54, 1.807) is 7.05 Å². The number of nitrogens with zero attached hydrogens (tertiary/aromatic N) is 4. The van der Waals surface area contributed by atoms with E-state index in [4.69, 9.17) is 5.26 Å². The van der Waals surface area contributed by atoms with Crippen LogP contribution in [0, 0.1) is 11.3 Å². The van der Waals surface area contributed by atoms with E-state index in [1.165, 1.54) is 22.6 Å². The summed E-state index contributed by atoms with van der Waals surface area (Å²) in [5.41, 5.74) is 1.79. The van der Waals surface area contributed by atoms with Gasteiger partial charge in [0.1, 0.15) is 17.5 Å².